The Hall–Kier alpha value is -0.380. The largest absolute Gasteiger partial charge is 0.377 e. The number of hydrogen-bond donors (Lipinski definition) is 0. The van der Waals surface area contributed by atoms with Crippen LogP contribution in [0.2, 0.25) is 0 Å². The molecule has 1 aromatic heterocycles. The van der Waals surface area contributed by atoms with Crippen LogP contribution >= 0.6 is 34.9 Å². The molecule has 22 heavy (non-hydrogen) atoms. The first-order valence-electron chi connectivity index (χ1n) is 7.37. The molecule has 1 saturated heterocycles. The van der Waals surface area contributed by atoms with E-state index in [0.717, 1.165) is 19.3 Å². The van der Waals surface area contributed by atoms with E-state index in [1.54, 1.807) is 4.90 Å². The Morgan fingerprint density at radius 3 is 2.14 bits per heavy atom. The minimum Gasteiger partial charge on any atom is -0.377 e. The number of hydrogen-bond acceptors (Lipinski definition) is 7. The van der Waals surface area contributed by atoms with E-state index in [9.17, 15) is 4.79 Å². The minimum absolute atomic E-state index is 0.0368. The van der Waals surface area contributed by atoms with Gasteiger partial charge in [-0.15, -0.1) is 22.7 Å². The molecule has 0 bridgehead atoms. The highest BCUT2D eigenvalue weighted by Gasteiger charge is 2.21. The van der Waals surface area contributed by atoms with Gasteiger partial charge in [0.2, 0.25) is 0 Å². The zero-order valence-electron chi connectivity index (χ0n) is 12.7. The smallest absolute Gasteiger partial charge is 0.265 e. The number of carbonyl (C=O) groups excluding carboxylic acids is 1. The van der Waals surface area contributed by atoms with Gasteiger partial charge in [-0.1, -0.05) is 19.1 Å². The van der Waals surface area contributed by atoms with Crippen molar-refractivity contribution in [3.8, 4) is 0 Å². The van der Waals surface area contributed by atoms with E-state index in [4.69, 9.17) is 26.4 Å². The van der Waals surface area contributed by atoms with Crippen LogP contribution < -0.4 is 0 Å². The van der Waals surface area contributed by atoms with E-state index < -0.39 is 0 Å². The van der Waals surface area contributed by atoms with E-state index in [1.165, 1.54) is 22.7 Å². The van der Waals surface area contributed by atoms with Crippen molar-refractivity contribution in [2.24, 2.45) is 0 Å². The van der Waals surface area contributed by atoms with Crippen molar-refractivity contribution in [3.63, 3.8) is 0 Å². The maximum Gasteiger partial charge on any atom is 0.265 e. The van der Waals surface area contributed by atoms with Crippen molar-refractivity contribution in [2.45, 2.75) is 13.3 Å². The molecule has 8 heteroatoms. The fraction of sp³-hybridized carbons (Fsp3) is 0.714. The molecule has 124 valence electrons. The Bertz CT molecular complexity index is 516. The fourth-order valence-electron chi connectivity index (χ4n) is 2.05. The Labute approximate surface area is 143 Å². The number of rotatable bonds is 2. The molecule has 0 atom stereocenters. The summed E-state index contributed by atoms with van der Waals surface area (Å²) < 4.78 is 17.2. The SMILES string of the molecule is CCc1sc(=S)sc1C(=O)N1CCOCCOCCOCC1. The topological polar surface area (TPSA) is 48.0 Å². The van der Waals surface area contributed by atoms with E-state index in [1.807, 2.05) is 6.92 Å². The zero-order chi connectivity index (χ0) is 15.8. The van der Waals surface area contributed by atoms with Crippen molar-refractivity contribution in [1.82, 2.24) is 4.90 Å². The van der Waals surface area contributed by atoms with Crippen molar-refractivity contribution in [1.29, 1.82) is 0 Å². The molecule has 1 aliphatic rings. The first kappa shape index (κ1) is 18.0. The summed E-state index contributed by atoms with van der Waals surface area (Å²) in [6.45, 7) is 6.37. The molecule has 2 rings (SSSR count). The van der Waals surface area contributed by atoms with Gasteiger partial charge >= 0.3 is 0 Å². The van der Waals surface area contributed by atoms with Gasteiger partial charge in [0, 0.05) is 18.0 Å². The summed E-state index contributed by atoms with van der Waals surface area (Å²) in [6.07, 6.45) is 0.830. The number of aryl methyl sites for hydroxylation is 1. The van der Waals surface area contributed by atoms with Crippen LogP contribution in [0.25, 0.3) is 0 Å². The van der Waals surface area contributed by atoms with E-state index in [-0.39, 0.29) is 5.91 Å². The minimum atomic E-state index is 0.0368. The third-order valence-corrected chi connectivity index (χ3v) is 6.03. The number of ether oxygens (including phenoxy) is 3. The van der Waals surface area contributed by atoms with Crippen LogP contribution in [0.3, 0.4) is 0 Å². The van der Waals surface area contributed by atoms with Crippen LogP contribution in [0.1, 0.15) is 21.5 Å². The van der Waals surface area contributed by atoms with Crippen LogP contribution in [0.15, 0.2) is 0 Å². The van der Waals surface area contributed by atoms with Crippen LogP contribution in [-0.2, 0) is 20.6 Å². The summed E-state index contributed by atoms with van der Waals surface area (Å²) in [4.78, 5) is 16.4. The van der Waals surface area contributed by atoms with Gasteiger partial charge in [0.05, 0.1) is 39.6 Å². The van der Waals surface area contributed by atoms with Gasteiger partial charge in [-0.05, 0) is 6.42 Å². The van der Waals surface area contributed by atoms with Gasteiger partial charge < -0.3 is 19.1 Å². The van der Waals surface area contributed by atoms with Crippen molar-refractivity contribution in [3.05, 3.63) is 12.9 Å². The summed E-state index contributed by atoms with van der Waals surface area (Å²) in [7, 11) is 0. The Morgan fingerprint density at radius 2 is 1.59 bits per heavy atom. The molecule has 0 unspecified atom stereocenters. The lowest BCUT2D eigenvalue weighted by Crippen LogP contribution is -2.37. The van der Waals surface area contributed by atoms with Crippen molar-refractivity contribution in [2.75, 3.05) is 52.7 Å². The van der Waals surface area contributed by atoms with Gasteiger partial charge in [0.1, 0.15) is 8.01 Å². The first-order valence-corrected chi connectivity index (χ1v) is 9.41. The highest BCUT2D eigenvalue weighted by atomic mass is 32.2. The lowest BCUT2D eigenvalue weighted by molar-refractivity contribution is -0.00428. The van der Waals surface area contributed by atoms with Crippen LogP contribution in [-0.4, -0.2) is 63.5 Å². The first-order chi connectivity index (χ1) is 10.7. The molecule has 2 heterocycles. The summed E-state index contributed by atoms with van der Waals surface area (Å²) in [5.41, 5.74) is 0. The highest BCUT2D eigenvalue weighted by Crippen LogP contribution is 2.26. The number of carbonyl (C=O) groups is 1. The second kappa shape index (κ2) is 9.69. The molecule has 1 aliphatic heterocycles. The van der Waals surface area contributed by atoms with E-state index in [2.05, 4.69) is 0 Å². The van der Waals surface area contributed by atoms with Gasteiger partial charge in [0.25, 0.3) is 5.91 Å². The zero-order valence-corrected chi connectivity index (χ0v) is 15.1. The summed E-state index contributed by atoms with van der Waals surface area (Å²) in [5, 5.41) is 0. The maximum atomic E-state index is 12.8. The molecule has 0 saturated carbocycles. The molecular formula is C14H21NO4S3. The van der Waals surface area contributed by atoms with Crippen molar-refractivity contribution < 1.29 is 19.0 Å². The molecule has 5 nitrogen and oxygen atoms in total. The molecule has 0 radical (unpaired) electrons. The fourth-order valence-corrected chi connectivity index (χ4v) is 4.74. The average molecular weight is 364 g/mol. The predicted molar refractivity (Wildman–Crippen MR) is 90.8 cm³/mol. The molecular weight excluding hydrogens is 342 g/mol. The molecule has 0 aromatic carbocycles. The Balaban J connectivity index is 2.04. The third-order valence-electron chi connectivity index (χ3n) is 3.20. The summed E-state index contributed by atoms with van der Waals surface area (Å²) in [5.74, 6) is 0.0368. The van der Waals surface area contributed by atoms with Crippen LogP contribution in [0.5, 0.6) is 0 Å². The van der Waals surface area contributed by atoms with Gasteiger partial charge in [-0.25, -0.2) is 0 Å². The Kier molecular flexibility index (Phi) is 7.91. The van der Waals surface area contributed by atoms with Crippen LogP contribution in [0, 0.1) is 3.14 Å². The molecule has 0 spiro atoms. The standard InChI is InChI=1S/C14H21NO4S3/c1-2-11-12(22-14(20)21-11)13(16)15-3-5-17-7-9-19-10-8-18-6-4-15/h2-10H2,1H3. The Morgan fingerprint density at radius 1 is 1.05 bits per heavy atom. The lowest BCUT2D eigenvalue weighted by Gasteiger charge is -2.23. The molecule has 1 fully saturated rings. The van der Waals surface area contributed by atoms with Gasteiger partial charge in [-0.2, -0.15) is 0 Å². The average Bonchev–Trinajstić information content (AvgIpc) is 2.88. The molecule has 1 aromatic rings. The second-order valence-electron chi connectivity index (χ2n) is 4.69. The monoisotopic (exact) mass is 363 g/mol. The maximum absolute atomic E-state index is 12.8. The van der Waals surface area contributed by atoms with Gasteiger partial charge in [-0.3, -0.25) is 4.79 Å². The van der Waals surface area contributed by atoms with Crippen molar-refractivity contribution >= 4 is 40.8 Å². The summed E-state index contributed by atoms with van der Waals surface area (Å²) in [6, 6.07) is 0. The quantitative estimate of drug-likeness (QED) is 0.756. The normalized spacial score (nSPS) is 18.5. The van der Waals surface area contributed by atoms with Gasteiger partial charge in [0.15, 0.2) is 0 Å². The summed E-state index contributed by atoms with van der Waals surface area (Å²) >= 11 is 8.18. The highest BCUT2D eigenvalue weighted by molar-refractivity contribution is 7.76. The molecule has 0 aliphatic carbocycles. The predicted octanol–water partition coefficient (Wildman–Crippen LogP) is 2.61. The third kappa shape index (κ3) is 5.36. The lowest BCUT2D eigenvalue weighted by atomic mass is 10.3. The van der Waals surface area contributed by atoms with E-state index in [0.29, 0.717) is 52.7 Å². The number of amides is 1. The second-order valence-corrected chi connectivity index (χ2v) is 8.00. The molecule has 1 amide bonds. The van der Waals surface area contributed by atoms with Crippen LogP contribution in [0.4, 0.5) is 0 Å². The van der Waals surface area contributed by atoms with E-state index >= 15 is 0 Å². The number of nitrogens with zero attached hydrogens (tertiary/aromatic N) is 1. The molecule has 0 N–H and O–H groups in total.